The molecular weight excluding hydrogens is 338 g/mol. The molecule has 10 atom stereocenters. The molecule has 4 heteroatoms. The molecule has 4 nitrogen and oxygen atoms in total. The van der Waals surface area contributed by atoms with Crippen molar-refractivity contribution in [2.75, 3.05) is 0 Å². The van der Waals surface area contributed by atoms with E-state index in [1.807, 2.05) is 0 Å². The van der Waals surface area contributed by atoms with Crippen LogP contribution in [-0.4, -0.2) is 28.3 Å². The molecule has 154 valence electrons. The van der Waals surface area contributed by atoms with Crippen LogP contribution in [0.4, 0.5) is 0 Å². The highest BCUT2D eigenvalue weighted by atomic mass is 16.3. The van der Waals surface area contributed by atoms with Gasteiger partial charge in [-0.25, -0.2) is 0 Å². The topological polar surface area (TPSA) is 83.6 Å². The van der Waals surface area contributed by atoms with Crippen molar-refractivity contribution in [1.82, 2.24) is 0 Å². The van der Waals surface area contributed by atoms with Crippen LogP contribution >= 0.6 is 0 Å². The second-order valence-corrected chi connectivity index (χ2v) is 11.1. The molecule has 0 aromatic heterocycles. The molecular formula is C23H39NO3. The fourth-order valence-corrected chi connectivity index (χ4v) is 8.64. The van der Waals surface area contributed by atoms with Gasteiger partial charge in [0.05, 0.1) is 12.2 Å². The van der Waals surface area contributed by atoms with Gasteiger partial charge < -0.3 is 15.9 Å². The smallest absolute Gasteiger partial charge is 0.217 e. The molecule has 0 spiro atoms. The lowest BCUT2D eigenvalue weighted by Gasteiger charge is -2.62. The summed E-state index contributed by atoms with van der Waals surface area (Å²) in [5, 5.41) is 21.4. The van der Waals surface area contributed by atoms with Gasteiger partial charge >= 0.3 is 0 Å². The number of carbonyl (C=O) groups excluding carboxylic acids is 1. The summed E-state index contributed by atoms with van der Waals surface area (Å²) in [5.41, 5.74) is 6.01. The van der Waals surface area contributed by atoms with Crippen molar-refractivity contribution in [2.24, 2.45) is 52.1 Å². The summed E-state index contributed by atoms with van der Waals surface area (Å²) >= 11 is 0. The molecule has 0 unspecified atom stereocenters. The minimum atomic E-state index is -0.229. The first-order valence-electron chi connectivity index (χ1n) is 11.3. The first kappa shape index (κ1) is 19.7. The molecule has 4 rings (SSSR count). The van der Waals surface area contributed by atoms with Gasteiger partial charge in [-0.1, -0.05) is 20.8 Å². The van der Waals surface area contributed by atoms with E-state index in [1.165, 1.54) is 25.7 Å². The highest BCUT2D eigenvalue weighted by molar-refractivity contribution is 5.74. The summed E-state index contributed by atoms with van der Waals surface area (Å²) in [5.74, 6) is 2.71. The SMILES string of the molecule is C[C@H](CC(N)=O)[C@H]1CC[C@H]2[C@@H]3[C@@H](O)C[C@@H]4C[C@H](O)CC[C@]4(C)[C@H]3CC[C@]12C. The molecule has 4 N–H and O–H groups in total. The molecule has 0 saturated heterocycles. The maximum absolute atomic E-state index is 11.5. The quantitative estimate of drug-likeness (QED) is 0.704. The molecule has 0 aromatic carbocycles. The Kier molecular flexibility index (Phi) is 4.91. The molecule has 1 amide bonds. The maximum Gasteiger partial charge on any atom is 0.217 e. The lowest BCUT2D eigenvalue weighted by atomic mass is 9.43. The van der Waals surface area contributed by atoms with E-state index in [1.54, 1.807) is 0 Å². The van der Waals surface area contributed by atoms with Gasteiger partial charge in [0.1, 0.15) is 0 Å². The molecule has 27 heavy (non-hydrogen) atoms. The average Bonchev–Trinajstić information content (AvgIpc) is 2.93. The van der Waals surface area contributed by atoms with Crippen LogP contribution in [0.5, 0.6) is 0 Å². The molecule has 4 fully saturated rings. The summed E-state index contributed by atoms with van der Waals surface area (Å²) in [6.07, 6.45) is 8.61. The normalized spacial score (nSPS) is 53.1. The van der Waals surface area contributed by atoms with Crippen LogP contribution in [0, 0.1) is 46.3 Å². The van der Waals surface area contributed by atoms with Crippen LogP contribution in [0.25, 0.3) is 0 Å². The van der Waals surface area contributed by atoms with Gasteiger partial charge in [0.15, 0.2) is 0 Å². The Bertz CT molecular complexity index is 594. The fraction of sp³-hybridized carbons (Fsp3) is 0.957. The zero-order valence-electron chi connectivity index (χ0n) is 17.4. The van der Waals surface area contributed by atoms with E-state index in [9.17, 15) is 15.0 Å². The molecule has 4 aliphatic carbocycles. The van der Waals surface area contributed by atoms with E-state index in [-0.39, 0.29) is 28.9 Å². The average molecular weight is 378 g/mol. The van der Waals surface area contributed by atoms with Crippen molar-refractivity contribution in [3.05, 3.63) is 0 Å². The number of primary amides is 1. The molecule has 4 aliphatic rings. The van der Waals surface area contributed by atoms with Gasteiger partial charge in [-0.2, -0.15) is 0 Å². The zero-order chi connectivity index (χ0) is 19.6. The van der Waals surface area contributed by atoms with Gasteiger partial charge in [0, 0.05) is 6.42 Å². The summed E-state index contributed by atoms with van der Waals surface area (Å²) in [4.78, 5) is 11.5. The Morgan fingerprint density at radius 1 is 1.04 bits per heavy atom. The maximum atomic E-state index is 11.5. The number of hydrogen-bond acceptors (Lipinski definition) is 3. The van der Waals surface area contributed by atoms with Crippen LogP contribution < -0.4 is 5.73 Å². The Morgan fingerprint density at radius 3 is 2.41 bits per heavy atom. The highest BCUT2D eigenvalue weighted by Crippen LogP contribution is 2.68. The second-order valence-electron chi connectivity index (χ2n) is 11.1. The van der Waals surface area contributed by atoms with Crippen LogP contribution in [0.2, 0.25) is 0 Å². The molecule has 0 aliphatic heterocycles. The van der Waals surface area contributed by atoms with Gasteiger partial charge in [0.25, 0.3) is 0 Å². The lowest BCUT2D eigenvalue weighted by Crippen LogP contribution is -2.58. The predicted molar refractivity (Wildman–Crippen MR) is 106 cm³/mol. The van der Waals surface area contributed by atoms with Crippen molar-refractivity contribution in [3.8, 4) is 0 Å². The van der Waals surface area contributed by atoms with E-state index in [0.717, 1.165) is 25.7 Å². The van der Waals surface area contributed by atoms with Crippen LogP contribution in [0.1, 0.15) is 78.6 Å². The summed E-state index contributed by atoms with van der Waals surface area (Å²) in [6.45, 7) is 7.10. The number of carbonyl (C=O) groups is 1. The monoisotopic (exact) mass is 377 g/mol. The van der Waals surface area contributed by atoms with Crippen molar-refractivity contribution in [2.45, 2.75) is 90.8 Å². The third-order valence-electron chi connectivity index (χ3n) is 9.94. The Morgan fingerprint density at radius 2 is 1.70 bits per heavy atom. The third-order valence-corrected chi connectivity index (χ3v) is 9.94. The Labute approximate surface area is 164 Å². The van der Waals surface area contributed by atoms with E-state index >= 15 is 0 Å². The van der Waals surface area contributed by atoms with Gasteiger partial charge in [-0.3, -0.25) is 4.79 Å². The standard InChI is InChI=1S/C23H39NO3/c1-13(10-20(24)27)16-4-5-17-21-18(7-9-23(16,17)3)22(2)8-6-15(25)11-14(22)12-19(21)26/h13-19,21,25-26H,4-12H2,1-3H3,(H2,24,27)/t13-,14+,15-,16-,17+,18+,19+,21+,22+,23-/m1/s1. The number of aliphatic hydroxyl groups excluding tert-OH is 2. The largest absolute Gasteiger partial charge is 0.393 e. The van der Waals surface area contributed by atoms with Gasteiger partial charge in [0.2, 0.25) is 5.91 Å². The minimum Gasteiger partial charge on any atom is -0.393 e. The Hall–Kier alpha value is -0.610. The van der Waals surface area contributed by atoms with Gasteiger partial charge in [-0.15, -0.1) is 0 Å². The summed E-state index contributed by atoms with van der Waals surface area (Å²) in [7, 11) is 0. The van der Waals surface area contributed by atoms with Crippen molar-refractivity contribution in [3.63, 3.8) is 0 Å². The number of aliphatic hydroxyl groups is 2. The third kappa shape index (κ3) is 2.97. The number of fused-ring (bicyclic) bond motifs is 5. The van der Waals surface area contributed by atoms with Crippen LogP contribution in [0.15, 0.2) is 0 Å². The molecule has 0 bridgehead atoms. The number of amides is 1. The van der Waals surface area contributed by atoms with E-state index in [0.29, 0.717) is 41.9 Å². The number of hydrogen-bond donors (Lipinski definition) is 3. The van der Waals surface area contributed by atoms with Gasteiger partial charge in [-0.05, 0) is 97.7 Å². The highest BCUT2D eigenvalue weighted by Gasteiger charge is 2.62. The van der Waals surface area contributed by atoms with E-state index < -0.39 is 0 Å². The molecule has 0 radical (unpaired) electrons. The molecule has 0 aromatic rings. The fourth-order valence-electron chi connectivity index (χ4n) is 8.64. The number of nitrogens with two attached hydrogens (primary N) is 1. The van der Waals surface area contributed by atoms with Crippen LogP contribution in [-0.2, 0) is 4.79 Å². The van der Waals surface area contributed by atoms with Crippen LogP contribution in [0.3, 0.4) is 0 Å². The minimum absolute atomic E-state index is 0.175. The van der Waals surface area contributed by atoms with Crippen molar-refractivity contribution in [1.29, 1.82) is 0 Å². The zero-order valence-corrected chi connectivity index (χ0v) is 17.4. The summed E-state index contributed by atoms with van der Waals surface area (Å²) in [6, 6.07) is 0. The Balaban J connectivity index is 1.60. The van der Waals surface area contributed by atoms with E-state index in [4.69, 9.17) is 5.73 Å². The van der Waals surface area contributed by atoms with Crippen molar-refractivity contribution < 1.29 is 15.0 Å². The second kappa shape index (κ2) is 6.73. The van der Waals surface area contributed by atoms with E-state index in [2.05, 4.69) is 20.8 Å². The summed E-state index contributed by atoms with van der Waals surface area (Å²) < 4.78 is 0. The predicted octanol–water partition coefficient (Wildman–Crippen LogP) is 3.49. The molecule has 0 heterocycles. The number of rotatable bonds is 3. The first-order chi connectivity index (χ1) is 12.7. The lowest BCUT2D eigenvalue weighted by molar-refractivity contribution is -0.174. The molecule has 4 saturated carbocycles. The van der Waals surface area contributed by atoms with Crippen molar-refractivity contribution >= 4 is 5.91 Å². The first-order valence-corrected chi connectivity index (χ1v) is 11.3.